The van der Waals surface area contributed by atoms with Crippen LogP contribution in [0.2, 0.25) is 0 Å². The van der Waals surface area contributed by atoms with E-state index < -0.39 is 0 Å². The van der Waals surface area contributed by atoms with Gasteiger partial charge in [-0.3, -0.25) is 4.79 Å². The Morgan fingerprint density at radius 2 is 2.25 bits per heavy atom. The van der Waals surface area contributed by atoms with Crippen molar-refractivity contribution in [3.05, 3.63) is 46.3 Å². The zero-order chi connectivity index (χ0) is 16.9. The monoisotopic (exact) mass is 390 g/mol. The van der Waals surface area contributed by atoms with Crippen LogP contribution < -0.4 is 10.6 Å². The van der Waals surface area contributed by atoms with Gasteiger partial charge in [0.25, 0.3) is 5.91 Å². The highest BCUT2D eigenvalue weighted by atomic mass is 79.9. The normalized spacial score (nSPS) is 16.8. The van der Waals surface area contributed by atoms with Crippen LogP contribution in [0.5, 0.6) is 0 Å². The molecule has 1 unspecified atom stereocenters. The van der Waals surface area contributed by atoms with Crippen LogP contribution in [0, 0.1) is 6.92 Å². The number of anilines is 2. The van der Waals surface area contributed by atoms with Crippen molar-refractivity contribution in [2.75, 3.05) is 23.8 Å². The van der Waals surface area contributed by atoms with E-state index in [0.29, 0.717) is 18.1 Å². The SMILES string of the molecule is Cc1cc(Br)ccc1NC(=O)c1cc(NCC2CCCO2)ncn1. The van der Waals surface area contributed by atoms with Crippen molar-refractivity contribution in [3.63, 3.8) is 0 Å². The molecule has 0 aliphatic carbocycles. The fourth-order valence-corrected chi connectivity index (χ4v) is 3.03. The van der Waals surface area contributed by atoms with Gasteiger partial charge in [-0.25, -0.2) is 9.97 Å². The third kappa shape index (κ3) is 4.30. The number of rotatable bonds is 5. The minimum atomic E-state index is -0.261. The Kier molecular flexibility index (Phi) is 5.42. The molecule has 2 aromatic rings. The average Bonchev–Trinajstić information content (AvgIpc) is 3.09. The molecule has 1 saturated heterocycles. The van der Waals surface area contributed by atoms with Gasteiger partial charge in [-0.15, -0.1) is 0 Å². The molecule has 1 amide bonds. The fraction of sp³-hybridized carbons (Fsp3) is 0.353. The number of carbonyl (C=O) groups is 1. The summed E-state index contributed by atoms with van der Waals surface area (Å²) in [7, 11) is 0. The Morgan fingerprint density at radius 1 is 1.38 bits per heavy atom. The molecule has 1 atom stereocenters. The topological polar surface area (TPSA) is 76.1 Å². The van der Waals surface area contributed by atoms with E-state index in [1.165, 1.54) is 6.33 Å². The van der Waals surface area contributed by atoms with E-state index in [0.717, 1.165) is 35.2 Å². The van der Waals surface area contributed by atoms with Gasteiger partial charge in [-0.2, -0.15) is 0 Å². The molecule has 0 bridgehead atoms. The smallest absolute Gasteiger partial charge is 0.274 e. The summed E-state index contributed by atoms with van der Waals surface area (Å²) in [6.45, 7) is 3.44. The molecule has 3 rings (SSSR count). The van der Waals surface area contributed by atoms with Crippen LogP contribution in [-0.2, 0) is 4.74 Å². The lowest BCUT2D eigenvalue weighted by Gasteiger charge is -2.12. The van der Waals surface area contributed by atoms with Crippen LogP contribution in [0.3, 0.4) is 0 Å². The van der Waals surface area contributed by atoms with Gasteiger partial charge in [0.1, 0.15) is 17.8 Å². The summed E-state index contributed by atoms with van der Waals surface area (Å²) in [6, 6.07) is 7.34. The predicted octanol–water partition coefficient (Wildman–Crippen LogP) is 3.39. The zero-order valence-electron chi connectivity index (χ0n) is 13.4. The van der Waals surface area contributed by atoms with Gasteiger partial charge in [0, 0.05) is 29.4 Å². The molecular formula is C17H19BrN4O2. The van der Waals surface area contributed by atoms with Gasteiger partial charge < -0.3 is 15.4 Å². The summed E-state index contributed by atoms with van der Waals surface area (Å²) >= 11 is 3.41. The molecule has 1 aromatic heterocycles. The lowest BCUT2D eigenvalue weighted by molar-refractivity contribution is 0.102. The molecule has 7 heteroatoms. The Balaban J connectivity index is 1.65. The van der Waals surface area contributed by atoms with Crippen molar-refractivity contribution in [2.24, 2.45) is 0 Å². The molecule has 2 N–H and O–H groups in total. The van der Waals surface area contributed by atoms with E-state index in [1.54, 1.807) is 6.07 Å². The summed E-state index contributed by atoms with van der Waals surface area (Å²) in [5, 5.41) is 6.08. The van der Waals surface area contributed by atoms with Crippen molar-refractivity contribution in [3.8, 4) is 0 Å². The summed E-state index contributed by atoms with van der Waals surface area (Å²) in [5.41, 5.74) is 2.06. The van der Waals surface area contributed by atoms with E-state index >= 15 is 0 Å². The number of carbonyl (C=O) groups excluding carboxylic acids is 1. The molecule has 1 aromatic carbocycles. The van der Waals surface area contributed by atoms with Gasteiger partial charge >= 0.3 is 0 Å². The van der Waals surface area contributed by atoms with Crippen LogP contribution >= 0.6 is 15.9 Å². The van der Waals surface area contributed by atoms with Crippen molar-refractivity contribution in [2.45, 2.75) is 25.9 Å². The largest absolute Gasteiger partial charge is 0.376 e. The molecule has 0 radical (unpaired) electrons. The highest BCUT2D eigenvalue weighted by Crippen LogP contribution is 2.20. The quantitative estimate of drug-likeness (QED) is 0.817. The van der Waals surface area contributed by atoms with Crippen LogP contribution in [0.4, 0.5) is 11.5 Å². The number of amides is 1. The third-order valence-electron chi connectivity index (χ3n) is 3.87. The number of ether oxygens (including phenoxy) is 1. The molecule has 1 fully saturated rings. The molecule has 1 aliphatic heterocycles. The lowest BCUT2D eigenvalue weighted by atomic mass is 10.2. The van der Waals surface area contributed by atoms with Crippen molar-refractivity contribution in [1.82, 2.24) is 9.97 Å². The van der Waals surface area contributed by atoms with Gasteiger partial charge in [0.15, 0.2) is 0 Å². The van der Waals surface area contributed by atoms with E-state index in [4.69, 9.17) is 4.74 Å². The minimum Gasteiger partial charge on any atom is -0.376 e. The Bertz CT molecular complexity index is 732. The van der Waals surface area contributed by atoms with Crippen molar-refractivity contribution in [1.29, 1.82) is 0 Å². The number of nitrogens with one attached hydrogen (secondary N) is 2. The molecular weight excluding hydrogens is 372 g/mol. The molecule has 0 saturated carbocycles. The van der Waals surface area contributed by atoms with Gasteiger partial charge in [-0.05, 0) is 43.5 Å². The van der Waals surface area contributed by atoms with E-state index in [-0.39, 0.29) is 12.0 Å². The van der Waals surface area contributed by atoms with Gasteiger partial charge in [-0.1, -0.05) is 15.9 Å². The number of aryl methyl sites for hydroxylation is 1. The van der Waals surface area contributed by atoms with Crippen molar-refractivity contribution >= 4 is 33.3 Å². The Morgan fingerprint density at radius 3 is 3.00 bits per heavy atom. The first-order valence-electron chi connectivity index (χ1n) is 7.87. The second kappa shape index (κ2) is 7.72. The second-order valence-electron chi connectivity index (χ2n) is 5.72. The average molecular weight is 391 g/mol. The van der Waals surface area contributed by atoms with Gasteiger partial charge in [0.05, 0.1) is 6.10 Å². The number of hydrogen-bond acceptors (Lipinski definition) is 5. The van der Waals surface area contributed by atoms with E-state index in [1.807, 2.05) is 25.1 Å². The van der Waals surface area contributed by atoms with Crippen LogP contribution in [0.1, 0.15) is 28.9 Å². The van der Waals surface area contributed by atoms with E-state index in [2.05, 4.69) is 36.5 Å². The maximum Gasteiger partial charge on any atom is 0.274 e. The standard InChI is InChI=1S/C17H19BrN4O2/c1-11-7-12(18)4-5-14(11)22-17(23)15-8-16(21-10-20-15)19-9-13-3-2-6-24-13/h4-5,7-8,10,13H,2-3,6,9H2,1H3,(H,22,23)(H,19,20,21). The number of nitrogens with zero attached hydrogens (tertiary/aromatic N) is 2. The highest BCUT2D eigenvalue weighted by Gasteiger charge is 2.16. The first-order chi connectivity index (χ1) is 11.6. The number of benzene rings is 1. The third-order valence-corrected chi connectivity index (χ3v) is 4.36. The second-order valence-corrected chi connectivity index (χ2v) is 6.63. The number of halogens is 1. The first kappa shape index (κ1) is 16.9. The molecule has 6 nitrogen and oxygen atoms in total. The molecule has 0 spiro atoms. The lowest BCUT2D eigenvalue weighted by Crippen LogP contribution is -2.20. The van der Waals surface area contributed by atoms with Crippen LogP contribution in [0.25, 0.3) is 0 Å². The van der Waals surface area contributed by atoms with Crippen molar-refractivity contribution < 1.29 is 9.53 Å². The number of aromatic nitrogens is 2. The summed E-state index contributed by atoms with van der Waals surface area (Å²) < 4.78 is 6.54. The van der Waals surface area contributed by atoms with Crippen LogP contribution in [0.15, 0.2) is 35.1 Å². The minimum absolute atomic E-state index is 0.211. The Labute approximate surface area is 149 Å². The van der Waals surface area contributed by atoms with Gasteiger partial charge in [0.2, 0.25) is 0 Å². The maximum atomic E-state index is 12.4. The molecule has 2 heterocycles. The van der Waals surface area contributed by atoms with Crippen LogP contribution in [-0.4, -0.2) is 35.1 Å². The summed E-state index contributed by atoms with van der Waals surface area (Å²) in [5.74, 6) is 0.362. The summed E-state index contributed by atoms with van der Waals surface area (Å²) in [4.78, 5) is 20.6. The summed E-state index contributed by atoms with van der Waals surface area (Å²) in [6.07, 6.45) is 3.74. The van der Waals surface area contributed by atoms with E-state index in [9.17, 15) is 4.79 Å². The number of hydrogen-bond donors (Lipinski definition) is 2. The molecule has 126 valence electrons. The Hall–Kier alpha value is -1.99. The maximum absolute atomic E-state index is 12.4. The highest BCUT2D eigenvalue weighted by molar-refractivity contribution is 9.10. The molecule has 1 aliphatic rings. The zero-order valence-corrected chi connectivity index (χ0v) is 15.0. The first-order valence-corrected chi connectivity index (χ1v) is 8.66. The molecule has 24 heavy (non-hydrogen) atoms. The fourth-order valence-electron chi connectivity index (χ4n) is 2.56. The predicted molar refractivity (Wildman–Crippen MR) is 96.3 cm³/mol.